The standard InChI is InChI=1S/C17H14IN3O4S/c1-10(22)21-8-13-15(9-21)19-25-17(13)20-26(23,24)16-7-3-4-11-12(16)5-2-6-14(11)18/h2-7,20H,8-9H2,1H3. The minimum absolute atomic E-state index is 0.0615. The van der Waals surface area contributed by atoms with Crippen LogP contribution in [-0.4, -0.2) is 24.4 Å². The van der Waals surface area contributed by atoms with E-state index >= 15 is 0 Å². The Hall–Kier alpha value is -2.14. The lowest BCUT2D eigenvalue weighted by Crippen LogP contribution is -2.22. The van der Waals surface area contributed by atoms with E-state index in [0.29, 0.717) is 23.2 Å². The lowest BCUT2D eigenvalue weighted by Gasteiger charge is -2.13. The van der Waals surface area contributed by atoms with Gasteiger partial charge in [0.1, 0.15) is 5.69 Å². The molecule has 0 saturated carbocycles. The van der Waals surface area contributed by atoms with Crippen LogP contribution in [0.3, 0.4) is 0 Å². The molecule has 9 heteroatoms. The Bertz CT molecular complexity index is 1140. The van der Waals surface area contributed by atoms with Crippen LogP contribution < -0.4 is 4.72 Å². The molecule has 0 unspecified atom stereocenters. The molecule has 1 amide bonds. The van der Waals surface area contributed by atoms with Crippen molar-refractivity contribution in [1.82, 2.24) is 10.1 Å². The molecule has 4 rings (SSSR count). The van der Waals surface area contributed by atoms with Crippen molar-refractivity contribution in [3.63, 3.8) is 0 Å². The second-order valence-corrected chi connectivity index (χ2v) is 8.82. The van der Waals surface area contributed by atoms with Gasteiger partial charge in [0, 0.05) is 15.9 Å². The molecule has 26 heavy (non-hydrogen) atoms. The average Bonchev–Trinajstić information content (AvgIpc) is 3.17. The number of halogens is 1. The average molecular weight is 483 g/mol. The fourth-order valence-electron chi connectivity index (χ4n) is 3.01. The Morgan fingerprint density at radius 3 is 2.69 bits per heavy atom. The minimum atomic E-state index is -3.88. The number of hydrogen-bond acceptors (Lipinski definition) is 5. The third-order valence-electron chi connectivity index (χ3n) is 4.35. The van der Waals surface area contributed by atoms with E-state index in [2.05, 4.69) is 32.5 Å². The number of benzene rings is 2. The van der Waals surface area contributed by atoms with Crippen molar-refractivity contribution in [2.75, 3.05) is 4.72 Å². The molecule has 2 aromatic carbocycles. The summed E-state index contributed by atoms with van der Waals surface area (Å²) in [7, 11) is -3.88. The zero-order chi connectivity index (χ0) is 18.5. The van der Waals surface area contributed by atoms with Crippen molar-refractivity contribution in [2.24, 2.45) is 0 Å². The summed E-state index contributed by atoms with van der Waals surface area (Å²) >= 11 is 2.18. The third-order valence-corrected chi connectivity index (χ3v) is 6.68. The van der Waals surface area contributed by atoms with Crippen LogP contribution >= 0.6 is 22.6 Å². The number of anilines is 1. The number of nitrogens with zero attached hydrogens (tertiary/aromatic N) is 2. The fraction of sp³-hybridized carbons (Fsp3) is 0.176. The predicted octanol–water partition coefficient (Wildman–Crippen LogP) is 3.10. The summed E-state index contributed by atoms with van der Waals surface area (Å²) in [5.41, 5.74) is 1.17. The van der Waals surface area contributed by atoms with E-state index in [-0.39, 0.29) is 23.2 Å². The Morgan fingerprint density at radius 2 is 1.92 bits per heavy atom. The van der Waals surface area contributed by atoms with Crippen LogP contribution in [0.1, 0.15) is 18.2 Å². The summed E-state index contributed by atoms with van der Waals surface area (Å²) in [6, 6.07) is 10.7. The zero-order valence-electron chi connectivity index (χ0n) is 13.7. The van der Waals surface area contributed by atoms with Gasteiger partial charge < -0.3 is 9.42 Å². The molecular weight excluding hydrogens is 469 g/mol. The zero-order valence-corrected chi connectivity index (χ0v) is 16.7. The molecule has 0 bridgehead atoms. The predicted molar refractivity (Wildman–Crippen MR) is 104 cm³/mol. The van der Waals surface area contributed by atoms with Crippen molar-refractivity contribution in [3.8, 4) is 0 Å². The molecule has 0 atom stereocenters. The Morgan fingerprint density at radius 1 is 1.19 bits per heavy atom. The first-order chi connectivity index (χ1) is 12.4. The highest BCUT2D eigenvalue weighted by molar-refractivity contribution is 14.1. The van der Waals surface area contributed by atoms with E-state index < -0.39 is 10.0 Å². The van der Waals surface area contributed by atoms with E-state index in [0.717, 1.165) is 8.96 Å². The SMILES string of the molecule is CC(=O)N1Cc2noc(NS(=O)(=O)c3cccc4c(I)cccc34)c2C1. The number of fused-ring (bicyclic) bond motifs is 2. The van der Waals surface area contributed by atoms with Gasteiger partial charge in [0.05, 0.1) is 23.5 Å². The maximum Gasteiger partial charge on any atom is 0.264 e. The normalized spacial score (nSPS) is 13.8. The fourth-order valence-corrected chi connectivity index (χ4v) is 4.93. The third kappa shape index (κ3) is 2.84. The molecule has 1 aliphatic rings. The number of carbonyl (C=O) groups is 1. The molecule has 1 aliphatic heterocycles. The van der Waals surface area contributed by atoms with Crippen LogP contribution in [0.25, 0.3) is 10.8 Å². The van der Waals surface area contributed by atoms with Gasteiger partial charge in [-0.2, -0.15) is 0 Å². The molecule has 2 heterocycles. The second-order valence-electron chi connectivity index (χ2n) is 6.01. The number of sulfonamides is 1. The Balaban J connectivity index is 1.73. The van der Waals surface area contributed by atoms with Crippen molar-refractivity contribution >= 4 is 55.2 Å². The van der Waals surface area contributed by atoms with Crippen LogP contribution in [0, 0.1) is 3.57 Å². The number of nitrogens with one attached hydrogen (secondary N) is 1. The molecule has 7 nitrogen and oxygen atoms in total. The van der Waals surface area contributed by atoms with E-state index in [1.165, 1.54) is 6.92 Å². The molecular formula is C17H14IN3O4S. The summed E-state index contributed by atoms with van der Waals surface area (Å²) in [4.78, 5) is 13.3. The van der Waals surface area contributed by atoms with E-state index in [9.17, 15) is 13.2 Å². The molecule has 0 saturated heterocycles. The highest BCUT2D eigenvalue weighted by atomic mass is 127. The quantitative estimate of drug-likeness (QED) is 0.579. The van der Waals surface area contributed by atoms with E-state index in [1.807, 2.05) is 18.2 Å². The maximum atomic E-state index is 13.0. The van der Waals surface area contributed by atoms with Gasteiger partial charge in [0.15, 0.2) is 0 Å². The minimum Gasteiger partial charge on any atom is -0.337 e. The lowest BCUT2D eigenvalue weighted by atomic mass is 10.1. The van der Waals surface area contributed by atoms with E-state index in [4.69, 9.17) is 4.52 Å². The largest absolute Gasteiger partial charge is 0.337 e. The van der Waals surface area contributed by atoms with Gasteiger partial charge in [-0.05, 0) is 40.1 Å². The Kier molecular flexibility index (Phi) is 4.14. The van der Waals surface area contributed by atoms with Gasteiger partial charge in [0.25, 0.3) is 10.0 Å². The number of rotatable bonds is 3. The first-order valence-corrected chi connectivity index (χ1v) is 10.4. The van der Waals surface area contributed by atoms with E-state index in [1.54, 1.807) is 23.1 Å². The van der Waals surface area contributed by atoms with Crippen molar-refractivity contribution < 1.29 is 17.7 Å². The smallest absolute Gasteiger partial charge is 0.264 e. The molecule has 0 spiro atoms. The van der Waals surface area contributed by atoms with Gasteiger partial charge in [-0.1, -0.05) is 29.4 Å². The highest BCUT2D eigenvalue weighted by Gasteiger charge is 2.31. The number of aromatic nitrogens is 1. The van der Waals surface area contributed by atoms with Gasteiger partial charge >= 0.3 is 0 Å². The summed E-state index contributed by atoms with van der Waals surface area (Å²) in [6.45, 7) is 2.06. The van der Waals surface area contributed by atoms with Crippen molar-refractivity contribution in [2.45, 2.75) is 24.9 Å². The summed E-state index contributed by atoms with van der Waals surface area (Å²) in [6.07, 6.45) is 0. The molecule has 0 fully saturated rings. The molecule has 3 aromatic rings. The van der Waals surface area contributed by atoms with Gasteiger partial charge in [0.2, 0.25) is 11.8 Å². The van der Waals surface area contributed by atoms with Crippen LogP contribution in [0.5, 0.6) is 0 Å². The maximum absolute atomic E-state index is 13.0. The number of hydrogen-bond donors (Lipinski definition) is 1. The molecule has 0 radical (unpaired) electrons. The monoisotopic (exact) mass is 483 g/mol. The summed E-state index contributed by atoms with van der Waals surface area (Å²) < 4.78 is 34.6. The summed E-state index contributed by atoms with van der Waals surface area (Å²) in [5, 5.41) is 5.38. The molecule has 1 aromatic heterocycles. The van der Waals surface area contributed by atoms with Gasteiger partial charge in [-0.3, -0.25) is 4.79 Å². The molecule has 134 valence electrons. The second kappa shape index (κ2) is 6.23. The van der Waals surface area contributed by atoms with Crippen LogP contribution in [-0.2, 0) is 27.9 Å². The first kappa shape index (κ1) is 17.3. The number of carbonyl (C=O) groups excluding carboxylic acids is 1. The van der Waals surface area contributed by atoms with Crippen molar-refractivity contribution in [1.29, 1.82) is 0 Å². The lowest BCUT2D eigenvalue weighted by molar-refractivity contribution is -0.129. The first-order valence-electron chi connectivity index (χ1n) is 7.80. The van der Waals surface area contributed by atoms with Crippen LogP contribution in [0.15, 0.2) is 45.8 Å². The topological polar surface area (TPSA) is 92.5 Å². The molecule has 0 aliphatic carbocycles. The summed E-state index contributed by atoms with van der Waals surface area (Å²) in [5.74, 6) is -0.0354. The number of amides is 1. The van der Waals surface area contributed by atoms with Crippen LogP contribution in [0.2, 0.25) is 0 Å². The van der Waals surface area contributed by atoms with Crippen molar-refractivity contribution in [3.05, 3.63) is 51.2 Å². The molecule has 1 N–H and O–H groups in total. The van der Waals surface area contributed by atoms with Gasteiger partial charge in [-0.15, -0.1) is 0 Å². The van der Waals surface area contributed by atoms with Crippen LogP contribution in [0.4, 0.5) is 5.88 Å². The van der Waals surface area contributed by atoms with Gasteiger partial charge in [-0.25, -0.2) is 13.1 Å². The highest BCUT2D eigenvalue weighted by Crippen LogP contribution is 2.32. The Labute approximate surface area is 163 Å².